The second-order valence-electron chi connectivity index (χ2n) is 5.89. The van der Waals surface area contributed by atoms with Gasteiger partial charge in [-0.05, 0) is 25.2 Å². The Morgan fingerprint density at radius 2 is 2.10 bits per heavy atom. The van der Waals surface area contributed by atoms with Crippen molar-refractivity contribution in [3.05, 3.63) is 18.1 Å². The number of anilines is 1. The van der Waals surface area contributed by atoms with Crippen molar-refractivity contribution in [2.45, 2.75) is 46.0 Å². The summed E-state index contributed by atoms with van der Waals surface area (Å²) in [6.45, 7) is 7.17. The molecule has 5 heteroatoms. The highest BCUT2D eigenvalue weighted by Crippen LogP contribution is 2.21. The highest BCUT2D eigenvalue weighted by atomic mass is 16.1. The van der Waals surface area contributed by atoms with E-state index >= 15 is 0 Å². The van der Waals surface area contributed by atoms with Gasteiger partial charge in [0.1, 0.15) is 17.8 Å². The average molecular weight is 290 g/mol. The molecule has 0 saturated carbocycles. The molecule has 1 aromatic rings. The molecule has 0 atom stereocenters. The number of aromatic nitrogens is 2. The maximum atomic E-state index is 12.1. The molecule has 116 valence electrons. The van der Waals surface area contributed by atoms with Gasteiger partial charge in [0.05, 0.1) is 0 Å². The molecule has 1 aliphatic heterocycles. The summed E-state index contributed by atoms with van der Waals surface area (Å²) < 4.78 is 0. The van der Waals surface area contributed by atoms with Gasteiger partial charge in [-0.1, -0.05) is 26.7 Å². The summed E-state index contributed by atoms with van der Waals surface area (Å²) >= 11 is 0. The maximum absolute atomic E-state index is 12.1. The number of carbonyl (C=O) groups excluding carboxylic acids is 1. The monoisotopic (exact) mass is 290 g/mol. The van der Waals surface area contributed by atoms with Crippen molar-refractivity contribution in [3.63, 3.8) is 0 Å². The fourth-order valence-corrected chi connectivity index (χ4v) is 2.55. The van der Waals surface area contributed by atoms with Crippen LogP contribution >= 0.6 is 0 Å². The van der Waals surface area contributed by atoms with E-state index in [0.29, 0.717) is 12.2 Å². The largest absolute Gasteiger partial charge is 0.356 e. The summed E-state index contributed by atoms with van der Waals surface area (Å²) in [6, 6.07) is 1.81. The van der Waals surface area contributed by atoms with Gasteiger partial charge in [-0.3, -0.25) is 4.79 Å². The molecule has 2 heterocycles. The lowest BCUT2D eigenvalue weighted by molar-refractivity contribution is 0.0948. The van der Waals surface area contributed by atoms with Crippen molar-refractivity contribution in [2.75, 3.05) is 24.5 Å². The summed E-state index contributed by atoms with van der Waals surface area (Å²) in [6.07, 6.45) is 7.17. The third-order valence-corrected chi connectivity index (χ3v) is 4.06. The maximum Gasteiger partial charge on any atom is 0.270 e. The number of nitrogens with one attached hydrogen (secondary N) is 1. The Kier molecular flexibility index (Phi) is 5.96. The molecule has 2 rings (SSSR count). The number of hydrogen-bond acceptors (Lipinski definition) is 4. The smallest absolute Gasteiger partial charge is 0.270 e. The lowest BCUT2D eigenvalue weighted by Gasteiger charge is -2.31. The molecule has 0 radical (unpaired) electrons. The highest BCUT2D eigenvalue weighted by molar-refractivity contribution is 5.92. The van der Waals surface area contributed by atoms with Crippen molar-refractivity contribution >= 4 is 11.7 Å². The molecule has 0 unspecified atom stereocenters. The van der Waals surface area contributed by atoms with Gasteiger partial charge in [-0.2, -0.15) is 0 Å². The number of piperidine rings is 1. The van der Waals surface area contributed by atoms with Gasteiger partial charge in [-0.15, -0.1) is 0 Å². The van der Waals surface area contributed by atoms with Gasteiger partial charge in [0.15, 0.2) is 0 Å². The lowest BCUT2D eigenvalue weighted by Crippen LogP contribution is -2.34. The second-order valence-corrected chi connectivity index (χ2v) is 5.89. The Hall–Kier alpha value is -1.65. The van der Waals surface area contributed by atoms with E-state index in [1.807, 2.05) is 6.07 Å². The molecule has 1 fully saturated rings. The summed E-state index contributed by atoms with van der Waals surface area (Å²) in [5.74, 6) is 1.56. The molecular weight excluding hydrogens is 264 g/mol. The van der Waals surface area contributed by atoms with E-state index in [4.69, 9.17) is 0 Å². The third kappa shape index (κ3) is 4.69. The zero-order chi connectivity index (χ0) is 15.1. The minimum atomic E-state index is -0.0971. The molecule has 1 saturated heterocycles. The van der Waals surface area contributed by atoms with Gasteiger partial charge in [0, 0.05) is 25.7 Å². The second kappa shape index (κ2) is 7.96. The standard InChI is InChI=1S/C16H26N4O/c1-3-4-5-8-17-16(21)14-11-15(19-12-18-14)20-9-6-13(2)7-10-20/h11-13H,3-10H2,1-2H3,(H,17,21). The molecule has 21 heavy (non-hydrogen) atoms. The quantitative estimate of drug-likeness (QED) is 0.818. The minimum absolute atomic E-state index is 0.0971. The molecule has 1 aliphatic rings. The molecule has 0 spiro atoms. The van der Waals surface area contributed by atoms with Gasteiger partial charge >= 0.3 is 0 Å². The van der Waals surface area contributed by atoms with Crippen molar-refractivity contribution in [1.29, 1.82) is 0 Å². The Bertz CT molecular complexity index is 455. The Morgan fingerprint density at radius 3 is 2.81 bits per heavy atom. The summed E-state index contributed by atoms with van der Waals surface area (Å²) in [4.78, 5) is 22.7. The van der Waals surface area contributed by atoms with Crippen molar-refractivity contribution < 1.29 is 4.79 Å². The van der Waals surface area contributed by atoms with E-state index in [-0.39, 0.29) is 5.91 Å². The van der Waals surface area contributed by atoms with E-state index < -0.39 is 0 Å². The van der Waals surface area contributed by atoms with Crippen LogP contribution in [0.2, 0.25) is 0 Å². The van der Waals surface area contributed by atoms with Crippen molar-refractivity contribution in [1.82, 2.24) is 15.3 Å². The van der Waals surface area contributed by atoms with Crippen LogP contribution in [-0.2, 0) is 0 Å². The van der Waals surface area contributed by atoms with Crippen molar-refractivity contribution in [3.8, 4) is 0 Å². The van der Waals surface area contributed by atoms with Crippen LogP contribution in [0.25, 0.3) is 0 Å². The fourth-order valence-electron chi connectivity index (χ4n) is 2.55. The van der Waals surface area contributed by atoms with Gasteiger partial charge in [-0.25, -0.2) is 9.97 Å². The number of hydrogen-bond donors (Lipinski definition) is 1. The van der Waals surface area contributed by atoms with Crippen molar-refractivity contribution in [2.24, 2.45) is 5.92 Å². The van der Waals surface area contributed by atoms with Crippen LogP contribution < -0.4 is 10.2 Å². The molecule has 1 N–H and O–H groups in total. The molecular formula is C16H26N4O. The van der Waals surface area contributed by atoms with E-state index in [2.05, 4.69) is 34.0 Å². The van der Waals surface area contributed by atoms with Crippen LogP contribution in [0.5, 0.6) is 0 Å². The molecule has 5 nitrogen and oxygen atoms in total. The molecule has 1 aromatic heterocycles. The number of carbonyl (C=O) groups is 1. The van der Waals surface area contributed by atoms with Gasteiger partial charge in [0.25, 0.3) is 5.91 Å². The van der Waals surface area contributed by atoms with Crippen LogP contribution in [0.1, 0.15) is 56.4 Å². The first-order valence-electron chi connectivity index (χ1n) is 8.06. The van der Waals surface area contributed by atoms with E-state index in [1.54, 1.807) is 0 Å². The van der Waals surface area contributed by atoms with Gasteiger partial charge in [0.2, 0.25) is 0 Å². The summed E-state index contributed by atoms with van der Waals surface area (Å²) in [5.41, 5.74) is 0.468. The zero-order valence-electron chi connectivity index (χ0n) is 13.1. The Morgan fingerprint density at radius 1 is 1.33 bits per heavy atom. The van der Waals surface area contributed by atoms with Gasteiger partial charge < -0.3 is 10.2 Å². The molecule has 1 amide bonds. The first-order valence-corrected chi connectivity index (χ1v) is 8.06. The van der Waals surface area contributed by atoms with Crippen LogP contribution in [-0.4, -0.2) is 35.5 Å². The SMILES string of the molecule is CCCCCNC(=O)c1cc(N2CCC(C)CC2)ncn1. The highest BCUT2D eigenvalue weighted by Gasteiger charge is 2.18. The number of rotatable bonds is 6. The van der Waals surface area contributed by atoms with E-state index in [0.717, 1.165) is 44.1 Å². The van der Waals surface area contributed by atoms with Crippen LogP contribution in [0.4, 0.5) is 5.82 Å². The Balaban J connectivity index is 1.92. The Labute approximate surface area is 127 Å². The minimum Gasteiger partial charge on any atom is -0.356 e. The number of unbranched alkanes of at least 4 members (excludes halogenated alkanes) is 2. The molecule has 0 aliphatic carbocycles. The lowest BCUT2D eigenvalue weighted by atomic mass is 9.99. The third-order valence-electron chi connectivity index (χ3n) is 4.06. The normalized spacial score (nSPS) is 16.0. The first kappa shape index (κ1) is 15.7. The summed E-state index contributed by atoms with van der Waals surface area (Å²) in [7, 11) is 0. The predicted molar refractivity (Wildman–Crippen MR) is 84.5 cm³/mol. The van der Waals surface area contributed by atoms with Crippen LogP contribution in [0.15, 0.2) is 12.4 Å². The fraction of sp³-hybridized carbons (Fsp3) is 0.688. The molecule has 0 bridgehead atoms. The number of nitrogens with zero attached hydrogens (tertiary/aromatic N) is 3. The number of amides is 1. The topological polar surface area (TPSA) is 58.1 Å². The van der Waals surface area contributed by atoms with E-state index in [1.165, 1.54) is 19.2 Å². The zero-order valence-corrected chi connectivity index (χ0v) is 13.1. The average Bonchev–Trinajstić information content (AvgIpc) is 2.52. The van der Waals surface area contributed by atoms with E-state index in [9.17, 15) is 4.79 Å². The van der Waals surface area contributed by atoms with Crippen LogP contribution in [0.3, 0.4) is 0 Å². The predicted octanol–water partition coefficient (Wildman–Crippen LogP) is 2.63. The molecule has 0 aromatic carbocycles. The first-order chi connectivity index (χ1) is 10.2. The summed E-state index contributed by atoms with van der Waals surface area (Å²) in [5, 5.41) is 2.92. The van der Waals surface area contributed by atoms with Crippen LogP contribution in [0, 0.1) is 5.92 Å².